The number of benzene rings is 2. The molecule has 2 heterocycles. The summed E-state index contributed by atoms with van der Waals surface area (Å²) >= 11 is 0. The quantitative estimate of drug-likeness (QED) is 0.531. The zero-order chi connectivity index (χ0) is 19.3. The number of hydrogen-bond donors (Lipinski definition) is 2. The molecule has 0 aliphatic carbocycles. The van der Waals surface area contributed by atoms with Crippen molar-refractivity contribution in [1.29, 1.82) is 0 Å². The summed E-state index contributed by atoms with van der Waals surface area (Å²) < 4.78 is 5.15. The van der Waals surface area contributed by atoms with Gasteiger partial charge in [-0.15, -0.1) is 0 Å². The van der Waals surface area contributed by atoms with Gasteiger partial charge in [0.1, 0.15) is 11.6 Å². The maximum absolute atomic E-state index is 12.3. The summed E-state index contributed by atoms with van der Waals surface area (Å²) in [6.07, 6.45) is 4.58. The summed E-state index contributed by atoms with van der Waals surface area (Å²) in [4.78, 5) is 24.3. The molecule has 4 rings (SSSR count). The van der Waals surface area contributed by atoms with Gasteiger partial charge in [-0.1, -0.05) is 12.1 Å². The normalized spacial score (nSPS) is 10.8. The van der Waals surface area contributed by atoms with Gasteiger partial charge in [-0.3, -0.25) is 9.78 Å². The monoisotopic (exact) mass is 372 g/mol. The van der Waals surface area contributed by atoms with Gasteiger partial charge in [0.05, 0.1) is 18.1 Å². The van der Waals surface area contributed by atoms with Gasteiger partial charge >= 0.3 is 0 Å². The van der Waals surface area contributed by atoms with E-state index in [1.54, 1.807) is 19.5 Å². The molecule has 0 radical (unpaired) electrons. The number of aromatic nitrogens is 3. The smallest absolute Gasteiger partial charge is 0.224 e. The number of fused-ring (bicyclic) bond motifs is 1. The van der Waals surface area contributed by atoms with Crippen LogP contribution in [-0.4, -0.2) is 28.0 Å². The van der Waals surface area contributed by atoms with Gasteiger partial charge in [-0.25, -0.2) is 4.98 Å². The molecule has 2 N–H and O–H groups in total. The van der Waals surface area contributed by atoms with E-state index in [9.17, 15) is 4.79 Å². The van der Waals surface area contributed by atoms with E-state index in [2.05, 4.69) is 20.3 Å². The number of H-pyrrole nitrogens is 1. The number of methoxy groups -OCH3 is 1. The topological polar surface area (TPSA) is 79.9 Å². The molecule has 1 amide bonds. The average Bonchev–Trinajstić information content (AvgIpc) is 3.17. The van der Waals surface area contributed by atoms with Crippen molar-refractivity contribution in [2.24, 2.45) is 0 Å². The Kier molecular flexibility index (Phi) is 5.01. The molecule has 0 aliphatic heterocycles. The van der Waals surface area contributed by atoms with Crippen molar-refractivity contribution in [3.05, 3.63) is 72.6 Å². The number of anilines is 1. The Bertz CT molecular complexity index is 1090. The van der Waals surface area contributed by atoms with Gasteiger partial charge < -0.3 is 15.0 Å². The highest BCUT2D eigenvalue weighted by molar-refractivity contribution is 5.93. The molecule has 28 heavy (non-hydrogen) atoms. The Morgan fingerprint density at radius 1 is 1.14 bits per heavy atom. The van der Waals surface area contributed by atoms with E-state index in [1.165, 1.54) is 0 Å². The number of imidazole rings is 1. The molecule has 0 aliphatic rings. The molecule has 0 atom stereocenters. The first kappa shape index (κ1) is 17.7. The van der Waals surface area contributed by atoms with E-state index >= 15 is 0 Å². The van der Waals surface area contributed by atoms with Crippen molar-refractivity contribution in [2.45, 2.75) is 12.8 Å². The molecule has 0 spiro atoms. The molecule has 0 unspecified atom stereocenters. The van der Waals surface area contributed by atoms with Crippen LogP contribution in [0.25, 0.3) is 22.4 Å². The van der Waals surface area contributed by atoms with Crippen LogP contribution in [0.1, 0.15) is 12.0 Å². The van der Waals surface area contributed by atoms with Crippen molar-refractivity contribution in [3.63, 3.8) is 0 Å². The van der Waals surface area contributed by atoms with Gasteiger partial charge in [0, 0.05) is 30.1 Å². The number of aromatic amines is 1. The van der Waals surface area contributed by atoms with Crippen LogP contribution in [0.4, 0.5) is 5.69 Å². The first-order valence-electron chi connectivity index (χ1n) is 9.04. The number of amides is 1. The largest absolute Gasteiger partial charge is 0.497 e. The third kappa shape index (κ3) is 4.01. The van der Waals surface area contributed by atoms with Crippen LogP contribution < -0.4 is 10.1 Å². The molecule has 0 saturated heterocycles. The maximum atomic E-state index is 12.3. The van der Waals surface area contributed by atoms with E-state index in [1.807, 2.05) is 54.6 Å². The van der Waals surface area contributed by atoms with Gasteiger partial charge in [-0.2, -0.15) is 0 Å². The standard InChI is InChI=1S/C22H20N4O2/c1-28-18-8-4-15(5-9-18)6-11-21(27)24-17-7-10-19-20(13-17)26-22(25-19)16-3-2-12-23-14-16/h2-5,7-10,12-14H,6,11H2,1H3,(H,24,27)(H,25,26). The fourth-order valence-electron chi connectivity index (χ4n) is 3.00. The predicted octanol–water partition coefficient (Wildman–Crippen LogP) is 4.20. The van der Waals surface area contributed by atoms with E-state index in [0.717, 1.165) is 39.4 Å². The zero-order valence-electron chi connectivity index (χ0n) is 15.5. The predicted molar refractivity (Wildman–Crippen MR) is 109 cm³/mol. The third-order valence-electron chi connectivity index (χ3n) is 4.50. The second kappa shape index (κ2) is 7.92. The number of nitrogens with one attached hydrogen (secondary N) is 2. The lowest BCUT2D eigenvalue weighted by Crippen LogP contribution is -2.12. The second-order valence-corrected chi connectivity index (χ2v) is 6.46. The number of carbonyl (C=O) groups excluding carboxylic acids is 1. The summed E-state index contributed by atoms with van der Waals surface area (Å²) in [5.74, 6) is 1.54. The maximum Gasteiger partial charge on any atom is 0.224 e. The highest BCUT2D eigenvalue weighted by Gasteiger charge is 2.08. The lowest BCUT2D eigenvalue weighted by molar-refractivity contribution is -0.116. The number of ether oxygens (including phenoxy) is 1. The molecule has 0 saturated carbocycles. The summed E-state index contributed by atoms with van der Waals surface area (Å²) in [5, 5.41) is 2.95. The van der Waals surface area contributed by atoms with Crippen LogP contribution in [0.2, 0.25) is 0 Å². The third-order valence-corrected chi connectivity index (χ3v) is 4.50. The number of rotatable bonds is 6. The van der Waals surface area contributed by atoms with Gasteiger partial charge in [0.25, 0.3) is 0 Å². The highest BCUT2D eigenvalue weighted by atomic mass is 16.5. The molecule has 4 aromatic rings. The van der Waals surface area contributed by atoms with Gasteiger partial charge in [-0.05, 0) is 54.4 Å². The Hall–Kier alpha value is -3.67. The Balaban J connectivity index is 1.41. The number of carbonyl (C=O) groups is 1. The minimum Gasteiger partial charge on any atom is -0.497 e. The van der Waals surface area contributed by atoms with Crippen LogP contribution in [0.15, 0.2) is 67.0 Å². The molecule has 2 aromatic carbocycles. The molecular weight excluding hydrogens is 352 g/mol. The molecule has 2 aromatic heterocycles. The van der Waals surface area contributed by atoms with Crippen molar-refractivity contribution < 1.29 is 9.53 Å². The molecule has 140 valence electrons. The number of nitrogens with zero attached hydrogens (tertiary/aromatic N) is 2. The Morgan fingerprint density at radius 3 is 2.75 bits per heavy atom. The van der Waals surface area contributed by atoms with Gasteiger partial charge in [0.15, 0.2) is 0 Å². The van der Waals surface area contributed by atoms with Gasteiger partial charge in [0.2, 0.25) is 5.91 Å². The summed E-state index contributed by atoms with van der Waals surface area (Å²) in [6, 6.07) is 17.2. The summed E-state index contributed by atoms with van der Waals surface area (Å²) in [7, 11) is 1.64. The zero-order valence-corrected chi connectivity index (χ0v) is 15.5. The SMILES string of the molecule is COc1ccc(CCC(=O)Nc2ccc3nc(-c4cccnc4)[nH]c3c2)cc1. The van der Waals surface area contributed by atoms with Crippen LogP contribution in [-0.2, 0) is 11.2 Å². The second-order valence-electron chi connectivity index (χ2n) is 6.46. The van der Waals surface area contributed by atoms with Crippen LogP contribution in [0.3, 0.4) is 0 Å². The van der Waals surface area contributed by atoms with E-state index in [4.69, 9.17) is 4.74 Å². The Labute approximate surface area is 162 Å². The average molecular weight is 372 g/mol. The lowest BCUT2D eigenvalue weighted by Gasteiger charge is -2.06. The first-order chi connectivity index (χ1) is 13.7. The number of aryl methyl sites for hydroxylation is 1. The summed E-state index contributed by atoms with van der Waals surface area (Å²) in [5.41, 5.74) is 4.47. The molecular formula is C22H20N4O2. The lowest BCUT2D eigenvalue weighted by atomic mass is 10.1. The molecule has 0 fully saturated rings. The van der Waals surface area contributed by atoms with E-state index in [0.29, 0.717) is 12.8 Å². The van der Waals surface area contributed by atoms with Crippen molar-refractivity contribution in [1.82, 2.24) is 15.0 Å². The van der Waals surface area contributed by atoms with E-state index < -0.39 is 0 Å². The highest BCUT2D eigenvalue weighted by Crippen LogP contribution is 2.22. The Morgan fingerprint density at radius 2 is 2.00 bits per heavy atom. The van der Waals surface area contributed by atoms with Crippen molar-refractivity contribution in [3.8, 4) is 17.1 Å². The van der Waals surface area contributed by atoms with Crippen LogP contribution >= 0.6 is 0 Å². The molecule has 6 heteroatoms. The fraction of sp³-hybridized carbons (Fsp3) is 0.136. The van der Waals surface area contributed by atoms with Crippen LogP contribution in [0.5, 0.6) is 5.75 Å². The van der Waals surface area contributed by atoms with E-state index in [-0.39, 0.29) is 5.91 Å². The molecule has 6 nitrogen and oxygen atoms in total. The summed E-state index contributed by atoms with van der Waals surface area (Å²) in [6.45, 7) is 0. The fourth-order valence-corrected chi connectivity index (χ4v) is 3.00. The minimum atomic E-state index is -0.0258. The minimum absolute atomic E-state index is 0.0258. The number of hydrogen-bond acceptors (Lipinski definition) is 4. The van der Waals surface area contributed by atoms with Crippen LogP contribution in [0, 0.1) is 0 Å². The van der Waals surface area contributed by atoms with Crippen molar-refractivity contribution >= 4 is 22.6 Å². The van der Waals surface area contributed by atoms with Crippen molar-refractivity contribution in [2.75, 3.05) is 12.4 Å². The molecule has 0 bridgehead atoms. The number of pyridine rings is 1. The first-order valence-corrected chi connectivity index (χ1v) is 9.04.